The summed E-state index contributed by atoms with van der Waals surface area (Å²) in [6.07, 6.45) is 0. The molecule has 0 atom stereocenters. The maximum Gasteiger partial charge on any atom is 0.234 e. The number of benzene rings is 1. The minimum Gasteiger partial charge on any atom is -0.369 e. The lowest BCUT2D eigenvalue weighted by Crippen LogP contribution is -2.28. The van der Waals surface area contributed by atoms with E-state index in [-0.39, 0.29) is 17.4 Å². The first kappa shape index (κ1) is 19.8. The third kappa shape index (κ3) is 7.24. The molecule has 1 aromatic rings. The molecule has 0 aromatic heterocycles. The smallest absolute Gasteiger partial charge is 0.234 e. The lowest BCUT2D eigenvalue weighted by Gasteiger charge is -2.20. The van der Waals surface area contributed by atoms with Gasteiger partial charge < -0.3 is 16.0 Å². The van der Waals surface area contributed by atoms with Crippen molar-refractivity contribution in [1.29, 1.82) is 0 Å². The molecule has 0 aliphatic carbocycles. The monoisotopic (exact) mass is 371 g/mol. The molecule has 0 saturated carbocycles. The van der Waals surface area contributed by atoms with Crippen molar-refractivity contribution in [1.82, 2.24) is 4.90 Å². The minimum atomic E-state index is -0.392. The number of nitrogens with one attached hydrogen (secondary N) is 1. The number of carbonyl (C=O) groups is 2. The van der Waals surface area contributed by atoms with Gasteiger partial charge in [0.1, 0.15) is 4.32 Å². The molecule has 0 saturated heterocycles. The molecule has 23 heavy (non-hydrogen) atoms. The summed E-state index contributed by atoms with van der Waals surface area (Å²) in [6.45, 7) is 5.72. The quantitative estimate of drug-likeness (QED) is 0.540. The zero-order chi connectivity index (χ0) is 17.2. The Hall–Kier alpha value is -1.25. The highest BCUT2D eigenvalue weighted by Crippen LogP contribution is 2.26. The Morgan fingerprint density at radius 3 is 2.48 bits per heavy atom. The standard InChI is InChI=1S/C15H21N3O2S3/c1-3-18(4-2)15(21)23-10-14(20)17-11-7-5-6-8-12(11)22-9-13(16)19/h5-8H,3-4,9-10H2,1-2H3,(H2,16,19)(H,17,20). The fraction of sp³-hybridized carbons (Fsp3) is 0.400. The number of amides is 2. The van der Waals surface area contributed by atoms with Crippen molar-refractivity contribution in [3.05, 3.63) is 24.3 Å². The highest BCUT2D eigenvalue weighted by atomic mass is 32.2. The first-order chi connectivity index (χ1) is 11.0. The SMILES string of the molecule is CCN(CC)C(=S)SCC(=O)Nc1ccccc1SCC(N)=O. The van der Waals surface area contributed by atoms with E-state index in [4.69, 9.17) is 18.0 Å². The number of carbonyl (C=O) groups excluding carboxylic acids is 2. The Balaban J connectivity index is 2.57. The van der Waals surface area contributed by atoms with Crippen LogP contribution in [0.15, 0.2) is 29.2 Å². The van der Waals surface area contributed by atoms with Crippen LogP contribution in [0.3, 0.4) is 0 Å². The molecule has 0 unspecified atom stereocenters. The van der Waals surface area contributed by atoms with Gasteiger partial charge in [0.25, 0.3) is 0 Å². The van der Waals surface area contributed by atoms with Crippen molar-refractivity contribution in [3.63, 3.8) is 0 Å². The average Bonchev–Trinajstić information content (AvgIpc) is 2.53. The van der Waals surface area contributed by atoms with Crippen LogP contribution in [0.4, 0.5) is 5.69 Å². The van der Waals surface area contributed by atoms with Crippen LogP contribution in [0.5, 0.6) is 0 Å². The van der Waals surface area contributed by atoms with Crippen LogP contribution in [-0.4, -0.2) is 45.6 Å². The highest BCUT2D eigenvalue weighted by Gasteiger charge is 2.11. The molecule has 0 spiro atoms. The minimum absolute atomic E-state index is 0.128. The first-order valence-electron chi connectivity index (χ1n) is 7.19. The van der Waals surface area contributed by atoms with Crippen molar-refractivity contribution in [2.24, 2.45) is 5.73 Å². The molecule has 0 radical (unpaired) electrons. The molecule has 1 rings (SSSR count). The number of para-hydroxylation sites is 1. The fourth-order valence-electron chi connectivity index (χ4n) is 1.73. The number of primary amides is 1. The van der Waals surface area contributed by atoms with Gasteiger partial charge in [-0.25, -0.2) is 0 Å². The van der Waals surface area contributed by atoms with Gasteiger partial charge in [-0.15, -0.1) is 11.8 Å². The number of thioether (sulfide) groups is 2. The normalized spacial score (nSPS) is 10.2. The van der Waals surface area contributed by atoms with Crippen LogP contribution >= 0.6 is 35.7 Å². The second-order valence-corrected chi connectivity index (χ2v) is 7.15. The Labute approximate surface area is 150 Å². The Morgan fingerprint density at radius 1 is 1.22 bits per heavy atom. The van der Waals surface area contributed by atoms with E-state index >= 15 is 0 Å². The van der Waals surface area contributed by atoms with Gasteiger partial charge in [0.2, 0.25) is 11.8 Å². The Bertz CT molecular complexity index is 563. The Kier molecular flexibility index (Phi) is 9.05. The zero-order valence-electron chi connectivity index (χ0n) is 13.2. The van der Waals surface area contributed by atoms with Gasteiger partial charge in [-0.05, 0) is 26.0 Å². The van der Waals surface area contributed by atoms with Gasteiger partial charge in [0, 0.05) is 18.0 Å². The summed E-state index contributed by atoms with van der Waals surface area (Å²) in [5.41, 5.74) is 5.84. The number of hydrogen-bond acceptors (Lipinski definition) is 5. The predicted octanol–water partition coefficient (Wildman–Crippen LogP) is 2.56. The number of hydrogen-bond donors (Lipinski definition) is 2. The van der Waals surface area contributed by atoms with E-state index in [9.17, 15) is 9.59 Å². The van der Waals surface area contributed by atoms with E-state index in [1.165, 1.54) is 23.5 Å². The third-order valence-corrected chi connectivity index (χ3v) is 5.50. The van der Waals surface area contributed by atoms with E-state index < -0.39 is 5.91 Å². The zero-order valence-corrected chi connectivity index (χ0v) is 15.7. The van der Waals surface area contributed by atoms with Crippen LogP contribution < -0.4 is 11.1 Å². The van der Waals surface area contributed by atoms with Crippen molar-refractivity contribution in [3.8, 4) is 0 Å². The lowest BCUT2D eigenvalue weighted by atomic mass is 10.3. The van der Waals surface area contributed by atoms with Gasteiger partial charge in [0.05, 0.1) is 17.2 Å². The molecule has 1 aromatic carbocycles. The van der Waals surface area contributed by atoms with Gasteiger partial charge in [-0.2, -0.15) is 0 Å². The topological polar surface area (TPSA) is 75.4 Å². The molecule has 8 heteroatoms. The van der Waals surface area contributed by atoms with E-state index in [0.29, 0.717) is 5.69 Å². The second-order valence-electron chi connectivity index (χ2n) is 4.53. The largest absolute Gasteiger partial charge is 0.369 e. The summed E-state index contributed by atoms with van der Waals surface area (Å²) < 4.78 is 0.724. The number of thiocarbonyl (C=S) groups is 1. The third-order valence-electron chi connectivity index (χ3n) is 2.88. The maximum atomic E-state index is 12.1. The van der Waals surface area contributed by atoms with Crippen LogP contribution in [0.1, 0.15) is 13.8 Å². The summed E-state index contributed by atoms with van der Waals surface area (Å²) in [6, 6.07) is 7.33. The van der Waals surface area contributed by atoms with Gasteiger partial charge in [-0.1, -0.05) is 36.1 Å². The number of nitrogens with two attached hydrogens (primary N) is 1. The van der Waals surface area contributed by atoms with Gasteiger partial charge in [0.15, 0.2) is 0 Å². The predicted molar refractivity (Wildman–Crippen MR) is 103 cm³/mol. The van der Waals surface area contributed by atoms with Crippen LogP contribution in [-0.2, 0) is 9.59 Å². The lowest BCUT2D eigenvalue weighted by molar-refractivity contribution is -0.115. The molecule has 2 amide bonds. The van der Waals surface area contributed by atoms with E-state index in [2.05, 4.69) is 5.32 Å². The highest BCUT2D eigenvalue weighted by molar-refractivity contribution is 8.23. The van der Waals surface area contributed by atoms with Gasteiger partial charge in [-0.3, -0.25) is 9.59 Å². The van der Waals surface area contributed by atoms with Crippen LogP contribution in [0, 0.1) is 0 Å². The summed E-state index contributed by atoms with van der Waals surface area (Å²) in [4.78, 5) is 25.8. The van der Waals surface area contributed by atoms with E-state index in [1.54, 1.807) is 6.07 Å². The summed E-state index contributed by atoms with van der Waals surface area (Å²) in [5, 5.41) is 2.85. The van der Waals surface area contributed by atoms with Crippen molar-refractivity contribution in [2.45, 2.75) is 18.7 Å². The molecule has 0 heterocycles. The summed E-state index contributed by atoms with van der Waals surface area (Å²) in [5.74, 6) is -0.0921. The Morgan fingerprint density at radius 2 is 1.87 bits per heavy atom. The number of nitrogens with zero attached hydrogens (tertiary/aromatic N) is 1. The van der Waals surface area contributed by atoms with Crippen molar-refractivity contribution in [2.75, 3.05) is 29.9 Å². The van der Waals surface area contributed by atoms with Crippen molar-refractivity contribution < 1.29 is 9.59 Å². The molecular formula is C15H21N3O2S3. The van der Waals surface area contributed by atoms with Crippen LogP contribution in [0.25, 0.3) is 0 Å². The molecule has 5 nitrogen and oxygen atoms in total. The molecule has 0 fully saturated rings. The van der Waals surface area contributed by atoms with Gasteiger partial charge >= 0.3 is 0 Å². The average molecular weight is 372 g/mol. The molecule has 3 N–H and O–H groups in total. The van der Waals surface area contributed by atoms with Crippen LogP contribution in [0.2, 0.25) is 0 Å². The summed E-state index contributed by atoms with van der Waals surface area (Å²) >= 11 is 7.96. The molecule has 0 bridgehead atoms. The fourth-order valence-corrected chi connectivity index (χ4v) is 3.68. The first-order valence-corrected chi connectivity index (χ1v) is 9.57. The number of rotatable bonds is 8. The van der Waals surface area contributed by atoms with E-state index in [1.807, 2.05) is 36.9 Å². The van der Waals surface area contributed by atoms with Crippen molar-refractivity contribution >= 4 is 57.6 Å². The molecule has 126 valence electrons. The molecule has 0 aliphatic rings. The number of anilines is 1. The molecule has 0 aliphatic heterocycles. The second kappa shape index (κ2) is 10.5. The maximum absolute atomic E-state index is 12.1. The van der Waals surface area contributed by atoms with E-state index in [0.717, 1.165) is 22.3 Å². The summed E-state index contributed by atoms with van der Waals surface area (Å²) in [7, 11) is 0. The molecular weight excluding hydrogens is 350 g/mol.